The van der Waals surface area contributed by atoms with Crippen molar-refractivity contribution in [3.63, 3.8) is 0 Å². The molecular weight excluding hydrogens is 416 g/mol. The quantitative estimate of drug-likeness (QED) is 0.261. The number of amides is 1. The molecule has 2 aromatic rings. The van der Waals surface area contributed by atoms with Crippen molar-refractivity contribution >= 4 is 33.5 Å². The third-order valence-electron chi connectivity index (χ3n) is 4.60. The van der Waals surface area contributed by atoms with Gasteiger partial charge in [0.25, 0.3) is 5.91 Å². The third kappa shape index (κ3) is 5.96. The summed E-state index contributed by atoms with van der Waals surface area (Å²) in [6.45, 7) is 0. The molecular formula is C21H21F2NO3S2. The van der Waals surface area contributed by atoms with Gasteiger partial charge in [0, 0.05) is 29.1 Å². The molecule has 3 rings (SSSR count). The van der Waals surface area contributed by atoms with Crippen LogP contribution < -0.4 is 10.5 Å². The van der Waals surface area contributed by atoms with Gasteiger partial charge in [0.15, 0.2) is 0 Å². The number of ether oxygens (including phenoxy) is 1. The SMILES string of the molecule is NC(=O)c1cc(-c2ccc(F)cc2F)ccc1OC(=O)CCCC[C@@H]1CCSS1. The Labute approximate surface area is 176 Å². The van der Waals surface area contributed by atoms with Crippen LogP contribution in [-0.2, 0) is 4.79 Å². The molecule has 4 nitrogen and oxygen atoms in total. The van der Waals surface area contributed by atoms with E-state index in [0.717, 1.165) is 25.0 Å². The number of carbonyl (C=O) groups excluding carboxylic acids is 2. The van der Waals surface area contributed by atoms with E-state index < -0.39 is 23.5 Å². The van der Waals surface area contributed by atoms with Gasteiger partial charge in [0.1, 0.15) is 17.4 Å². The van der Waals surface area contributed by atoms with Crippen LogP contribution in [0.4, 0.5) is 8.78 Å². The molecule has 29 heavy (non-hydrogen) atoms. The summed E-state index contributed by atoms with van der Waals surface area (Å²) < 4.78 is 32.5. The van der Waals surface area contributed by atoms with Gasteiger partial charge in [-0.3, -0.25) is 9.59 Å². The van der Waals surface area contributed by atoms with Crippen molar-refractivity contribution in [2.75, 3.05) is 5.75 Å². The van der Waals surface area contributed by atoms with Gasteiger partial charge in [-0.1, -0.05) is 34.1 Å². The van der Waals surface area contributed by atoms with E-state index in [1.165, 1.54) is 36.4 Å². The molecule has 1 aliphatic rings. The van der Waals surface area contributed by atoms with E-state index in [2.05, 4.69) is 0 Å². The molecule has 1 heterocycles. The number of carbonyl (C=O) groups is 2. The molecule has 1 fully saturated rings. The van der Waals surface area contributed by atoms with Crippen LogP contribution in [0.2, 0.25) is 0 Å². The maximum absolute atomic E-state index is 14.0. The summed E-state index contributed by atoms with van der Waals surface area (Å²) in [6, 6.07) is 7.41. The summed E-state index contributed by atoms with van der Waals surface area (Å²) >= 11 is 0. The highest BCUT2D eigenvalue weighted by Crippen LogP contribution is 2.40. The van der Waals surface area contributed by atoms with Crippen molar-refractivity contribution in [1.29, 1.82) is 0 Å². The molecule has 1 aliphatic heterocycles. The highest BCUT2D eigenvalue weighted by molar-refractivity contribution is 8.77. The molecule has 1 atom stereocenters. The number of nitrogens with two attached hydrogens (primary N) is 1. The van der Waals surface area contributed by atoms with E-state index in [1.54, 1.807) is 0 Å². The monoisotopic (exact) mass is 437 g/mol. The van der Waals surface area contributed by atoms with Gasteiger partial charge in [-0.05, 0) is 49.1 Å². The largest absolute Gasteiger partial charge is 0.426 e. The predicted octanol–water partition coefficient (Wildman–Crippen LogP) is 5.35. The molecule has 0 spiro atoms. The number of unbranched alkanes of at least 4 members (excludes halogenated alkanes) is 1. The lowest BCUT2D eigenvalue weighted by Crippen LogP contribution is -2.16. The standard InChI is InChI=1S/C21H21F2NO3S2/c22-14-6-7-16(18(23)12-14)13-5-8-19(17(11-13)21(24)26)27-20(25)4-2-1-3-15-9-10-28-29-15/h5-8,11-12,15H,1-4,9-10H2,(H2,24,26)/t15-/m1/s1. The Morgan fingerprint density at radius 2 is 1.97 bits per heavy atom. The highest BCUT2D eigenvalue weighted by Gasteiger charge is 2.18. The summed E-state index contributed by atoms with van der Waals surface area (Å²) in [5.41, 5.74) is 5.83. The minimum absolute atomic E-state index is 0.0287. The Morgan fingerprint density at radius 3 is 2.66 bits per heavy atom. The van der Waals surface area contributed by atoms with Crippen molar-refractivity contribution in [2.45, 2.75) is 37.4 Å². The average molecular weight is 438 g/mol. The molecule has 0 saturated carbocycles. The fourth-order valence-electron chi connectivity index (χ4n) is 3.08. The second kappa shape index (κ2) is 10.1. The summed E-state index contributed by atoms with van der Waals surface area (Å²) in [5.74, 6) is -1.47. The number of benzene rings is 2. The molecule has 2 N–H and O–H groups in total. The first-order valence-corrected chi connectivity index (χ1v) is 11.7. The topological polar surface area (TPSA) is 69.4 Å². The average Bonchev–Trinajstić information content (AvgIpc) is 3.19. The Morgan fingerprint density at radius 1 is 1.14 bits per heavy atom. The van der Waals surface area contributed by atoms with E-state index in [0.29, 0.717) is 17.2 Å². The fourth-order valence-corrected chi connectivity index (χ4v) is 6.11. The van der Waals surface area contributed by atoms with Crippen LogP contribution in [0.5, 0.6) is 5.75 Å². The van der Waals surface area contributed by atoms with Crippen molar-refractivity contribution in [3.05, 3.63) is 53.6 Å². The second-order valence-corrected chi connectivity index (χ2v) is 9.54. The second-order valence-electron chi connectivity index (χ2n) is 6.75. The maximum Gasteiger partial charge on any atom is 0.311 e. The van der Waals surface area contributed by atoms with Crippen LogP contribution in [0.15, 0.2) is 36.4 Å². The van der Waals surface area contributed by atoms with Crippen molar-refractivity contribution < 1.29 is 23.1 Å². The van der Waals surface area contributed by atoms with Crippen molar-refractivity contribution in [3.8, 4) is 16.9 Å². The lowest BCUT2D eigenvalue weighted by atomic mass is 10.0. The molecule has 1 saturated heterocycles. The number of halogens is 2. The molecule has 0 radical (unpaired) electrons. The Hall–Kier alpha value is -2.06. The molecule has 0 unspecified atom stereocenters. The molecule has 1 amide bonds. The number of primary amides is 1. The van der Waals surface area contributed by atoms with Crippen molar-refractivity contribution in [2.24, 2.45) is 5.73 Å². The number of esters is 1. The van der Waals surface area contributed by atoms with Crippen LogP contribution in [0, 0.1) is 11.6 Å². The zero-order valence-corrected chi connectivity index (χ0v) is 17.3. The normalized spacial score (nSPS) is 16.0. The van der Waals surface area contributed by atoms with Crippen LogP contribution in [0.3, 0.4) is 0 Å². The van der Waals surface area contributed by atoms with Gasteiger partial charge in [-0.2, -0.15) is 0 Å². The number of rotatable bonds is 8. The van der Waals surface area contributed by atoms with Crippen LogP contribution in [0.25, 0.3) is 11.1 Å². The van der Waals surface area contributed by atoms with E-state index in [9.17, 15) is 18.4 Å². The summed E-state index contributed by atoms with van der Waals surface area (Å²) in [6.07, 6.45) is 4.19. The lowest BCUT2D eigenvalue weighted by molar-refractivity contribution is -0.134. The van der Waals surface area contributed by atoms with Gasteiger partial charge < -0.3 is 10.5 Å². The van der Waals surface area contributed by atoms with E-state index in [4.69, 9.17) is 10.5 Å². The highest BCUT2D eigenvalue weighted by atomic mass is 33.1. The van der Waals surface area contributed by atoms with E-state index >= 15 is 0 Å². The van der Waals surface area contributed by atoms with Crippen LogP contribution in [0.1, 0.15) is 42.5 Å². The molecule has 0 aliphatic carbocycles. The first-order valence-electron chi connectivity index (χ1n) is 9.32. The first kappa shape index (κ1) is 21.6. The van der Waals surface area contributed by atoms with Gasteiger partial charge in [-0.15, -0.1) is 0 Å². The third-order valence-corrected chi connectivity index (χ3v) is 7.60. The maximum atomic E-state index is 14.0. The zero-order chi connectivity index (χ0) is 20.8. The van der Waals surface area contributed by atoms with Gasteiger partial charge >= 0.3 is 5.97 Å². The van der Waals surface area contributed by atoms with Gasteiger partial charge in [0.2, 0.25) is 0 Å². The summed E-state index contributed by atoms with van der Waals surface area (Å²) in [7, 11) is 3.80. The lowest BCUT2D eigenvalue weighted by Gasteiger charge is -2.11. The van der Waals surface area contributed by atoms with Crippen molar-refractivity contribution in [1.82, 2.24) is 0 Å². The van der Waals surface area contributed by atoms with E-state index in [1.807, 2.05) is 21.6 Å². The minimum Gasteiger partial charge on any atom is -0.426 e. The van der Waals surface area contributed by atoms with Gasteiger partial charge in [0.05, 0.1) is 5.56 Å². The first-order chi connectivity index (χ1) is 13.9. The van der Waals surface area contributed by atoms with Crippen LogP contribution >= 0.6 is 21.6 Å². The predicted molar refractivity (Wildman–Crippen MR) is 113 cm³/mol. The fraction of sp³-hybridized carbons (Fsp3) is 0.333. The molecule has 0 aromatic heterocycles. The van der Waals surface area contributed by atoms with E-state index in [-0.39, 0.29) is 23.3 Å². The van der Waals surface area contributed by atoms with Gasteiger partial charge in [-0.25, -0.2) is 8.78 Å². The molecule has 0 bridgehead atoms. The van der Waals surface area contributed by atoms with Crippen LogP contribution in [-0.4, -0.2) is 22.9 Å². The number of hydrogen-bond acceptors (Lipinski definition) is 5. The smallest absolute Gasteiger partial charge is 0.311 e. The Kier molecular flexibility index (Phi) is 7.55. The Balaban J connectivity index is 1.64. The molecule has 8 heteroatoms. The summed E-state index contributed by atoms with van der Waals surface area (Å²) in [4.78, 5) is 24.0. The molecule has 154 valence electrons. The Bertz CT molecular complexity index is 901. The minimum atomic E-state index is -0.798. The summed E-state index contributed by atoms with van der Waals surface area (Å²) in [5, 5.41) is 0.664. The molecule has 2 aromatic carbocycles. The zero-order valence-electron chi connectivity index (χ0n) is 15.7. The number of hydrogen-bond donors (Lipinski definition) is 1.